The van der Waals surface area contributed by atoms with Crippen molar-refractivity contribution in [2.75, 3.05) is 0 Å². The molecule has 0 saturated carbocycles. The molecule has 1 N–H and O–H groups in total. The maximum atomic E-state index is 11.9. The highest BCUT2D eigenvalue weighted by Gasteiger charge is 2.20. The molecular weight excluding hydrogens is 250 g/mol. The third-order valence-corrected chi connectivity index (χ3v) is 3.24. The number of carbonyl (C=O) groups is 1. The summed E-state index contributed by atoms with van der Waals surface area (Å²) >= 11 is 0. The van der Waals surface area contributed by atoms with Gasteiger partial charge in [0.2, 0.25) is 0 Å². The van der Waals surface area contributed by atoms with E-state index in [2.05, 4.69) is 31.3 Å². The maximum Gasteiger partial charge on any atom is 0.261 e. The third-order valence-electron chi connectivity index (χ3n) is 3.24. The molecule has 1 aromatic carbocycles. The molecule has 0 saturated heterocycles. The number of carbonyl (C=O) groups excluding carboxylic acids is 1. The first-order chi connectivity index (χ1) is 9.23. The van der Waals surface area contributed by atoms with Crippen LogP contribution in [0.4, 0.5) is 0 Å². The van der Waals surface area contributed by atoms with Gasteiger partial charge in [0.25, 0.3) is 5.91 Å². The van der Waals surface area contributed by atoms with Gasteiger partial charge in [-0.15, -0.1) is 0 Å². The Hall–Kier alpha value is -1.51. The van der Waals surface area contributed by atoms with E-state index in [1.165, 1.54) is 5.56 Å². The van der Waals surface area contributed by atoms with Crippen LogP contribution in [0.25, 0.3) is 0 Å². The average molecular weight is 277 g/mol. The molecule has 112 valence electrons. The van der Waals surface area contributed by atoms with Gasteiger partial charge in [-0.1, -0.05) is 26.0 Å². The van der Waals surface area contributed by atoms with E-state index in [-0.39, 0.29) is 11.4 Å². The van der Waals surface area contributed by atoms with Crippen molar-refractivity contribution in [2.24, 2.45) is 0 Å². The largest absolute Gasteiger partial charge is 0.481 e. The SMILES string of the molecule is CCC(C)c1ccc(OC(C)C(=O)NC(C)(C)C)cc1. The third kappa shape index (κ3) is 5.24. The molecule has 20 heavy (non-hydrogen) atoms. The fourth-order valence-corrected chi connectivity index (χ4v) is 1.84. The zero-order valence-corrected chi connectivity index (χ0v) is 13.5. The van der Waals surface area contributed by atoms with Crippen LogP contribution in [0.3, 0.4) is 0 Å². The van der Waals surface area contributed by atoms with Crippen molar-refractivity contribution in [3.63, 3.8) is 0 Å². The molecule has 0 aliphatic carbocycles. The molecular formula is C17H27NO2. The van der Waals surface area contributed by atoms with Gasteiger partial charge in [-0.3, -0.25) is 4.79 Å². The molecule has 0 aliphatic heterocycles. The molecule has 0 fully saturated rings. The summed E-state index contributed by atoms with van der Waals surface area (Å²) < 4.78 is 5.68. The smallest absolute Gasteiger partial charge is 0.261 e. The molecule has 2 unspecified atom stereocenters. The van der Waals surface area contributed by atoms with Crippen LogP contribution in [0, 0.1) is 0 Å². The van der Waals surface area contributed by atoms with Crippen LogP contribution in [0.2, 0.25) is 0 Å². The van der Waals surface area contributed by atoms with Crippen molar-refractivity contribution < 1.29 is 9.53 Å². The predicted molar refractivity (Wildman–Crippen MR) is 83.1 cm³/mol. The second kappa shape index (κ2) is 6.78. The Morgan fingerprint density at radius 3 is 2.20 bits per heavy atom. The van der Waals surface area contributed by atoms with Crippen LogP contribution in [-0.4, -0.2) is 17.6 Å². The number of hydrogen-bond acceptors (Lipinski definition) is 2. The minimum absolute atomic E-state index is 0.0940. The molecule has 1 rings (SSSR count). The first-order valence-corrected chi connectivity index (χ1v) is 7.31. The van der Waals surface area contributed by atoms with Gasteiger partial charge < -0.3 is 10.1 Å². The zero-order valence-electron chi connectivity index (χ0n) is 13.5. The summed E-state index contributed by atoms with van der Waals surface area (Å²) in [6, 6.07) is 8.00. The highest BCUT2D eigenvalue weighted by Crippen LogP contribution is 2.22. The monoisotopic (exact) mass is 277 g/mol. The van der Waals surface area contributed by atoms with Gasteiger partial charge in [-0.25, -0.2) is 0 Å². The number of benzene rings is 1. The molecule has 0 radical (unpaired) electrons. The first-order valence-electron chi connectivity index (χ1n) is 7.31. The average Bonchev–Trinajstić information content (AvgIpc) is 2.36. The standard InChI is InChI=1S/C17H27NO2/c1-7-12(2)14-8-10-15(11-9-14)20-13(3)16(19)18-17(4,5)6/h8-13H,7H2,1-6H3,(H,18,19). The summed E-state index contributed by atoms with van der Waals surface area (Å²) in [5, 5.41) is 2.91. The van der Waals surface area contributed by atoms with Gasteiger partial charge in [-0.05, 0) is 57.7 Å². The Kier molecular flexibility index (Phi) is 5.61. The van der Waals surface area contributed by atoms with Gasteiger partial charge >= 0.3 is 0 Å². The van der Waals surface area contributed by atoms with Crippen molar-refractivity contribution >= 4 is 5.91 Å². The molecule has 0 bridgehead atoms. The van der Waals surface area contributed by atoms with Crippen LogP contribution in [0.15, 0.2) is 24.3 Å². The quantitative estimate of drug-likeness (QED) is 0.887. The fraction of sp³-hybridized carbons (Fsp3) is 0.588. The Morgan fingerprint density at radius 1 is 1.20 bits per heavy atom. The summed E-state index contributed by atoms with van der Waals surface area (Å²) in [6.45, 7) is 12.0. The number of ether oxygens (including phenoxy) is 1. The lowest BCUT2D eigenvalue weighted by molar-refractivity contribution is -0.128. The molecule has 3 nitrogen and oxygen atoms in total. The van der Waals surface area contributed by atoms with E-state index in [9.17, 15) is 4.79 Å². The van der Waals surface area contributed by atoms with Gasteiger partial charge in [0.15, 0.2) is 6.10 Å². The minimum atomic E-state index is -0.497. The lowest BCUT2D eigenvalue weighted by Crippen LogP contribution is -2.46. The topological polar surface area (TPSA) is 38.3 Å². The molecule has 1 aromatic rings. The molecule has 0 aliphatic rings. The van der Waals surface area contributed by atoms with Crippen LogP contribution >= 0.6 is 0 Å². The van der Waals surface area contributed by atoms with E-state index in [1.807, 2.05) is 32.9 Å². The van der Waals surface area contributed by atoms with E-state index in [0.717, 1.165) is 12.2 Å². The number of amides is 1. The van der Waals surface area contributed by atoms with E-state index in [1.54, 1.807) is 6.92 Å². The second-order valence-corrected chi connectivity index (χ2v) is 6.38. The van der Waals surface area contributed by atoms with Gasteiger partial charge in [0.05, 0.1) is 0 Å². The van der Waals surface area contributed by atoms with Crippen LogP contribution in [0.1, 0.15) is 59.4 Å². The van der Waals surface area contributed by atoms with Crippen molar-refractivity contribution in [1.29, 1.82) is 0 Å². The summed E-state index contributed by atoms with van der Waals surface area (Å²) in [5.41, 5.74) is 1.06. The fourth-order valence-electron chi connectivity index (χ4n) is 1.84. The summed E-state index contributed by atoms with van der Waals surface area (Å²) in [4.78, 5) is 11.9. The second-order valence-electron chi connectivity index (χ2n) is 6.38. The van der Waals surface area contributed by atoms with Crippen molar-refractivity contribution in [3.8, 4) is 5.75 Å². The lowest BCUT2D eigenvalue weighted by Gasteiger charge is -2.23. The summed E-state index contributed by atoms with van der Waals surface area (Å²) in [6.07, 6.45) is 0.619. The van der Waals surface area contributed by atoms with Crippen molar-refractivity contribution in [3.05, 3.63) is 29.8 Å². The van der Waals surface area contributed by atoms with Crippen LogP contribution in [0.5, 0.6) is 5.75 Å². The van der Waals surface area contributed by atoms with Crippen molar-refractivity contribution in [1.82, 2.24) is 5.32 Å². The first kappa shape index (κ1) is 16.5. The number of nitrogens with one attached hydrogen (secondary N) is 1. The Morgan fingerprint density at radius 2 is 1.75 bits per heavy atom. The van der Waals surface area contributed by atoms with Crippen LogP contribution < -0.4 is 10.1 Å². The molecule has 0 aromatic heterocycles. The normalized spacial score (nSPS) is 14.5. The van der Waals surface area contributed by atoms with Gasteiger partial charge in [0.1, 0.15) is 5.75 Å². The van der Waals surface area contributed by atoms with E-state index in [4.69, 9.17) is 4.74 Å². The van der Waals surface area contributed by atoms with E-state index >= 15 is 0 Å². The van der Waals surface area contributed by atoms with E-state index < -0.39 is 6.10 Å². The Balaban J connectivity index is 2.62. The highest BCUT2D eigenvalue weighted by molar-refractivity contribution is 5.81. The summed E-state index contributed by atoms with van der Waals surface area (Å²) in [7, 11) is 0. The molecule has 3 heteroatoms. The Bertz CT molecular complexity index is 431. The molecule has 2 atom stereocenters. The van der Waals surface area contributed by atoms with Crippen molar-refractivity contribution in [2.45, 2.75) is 65.5 Å². The van der Waals surface area contributed by atoms with Gasteiger partial charge in [0, 0.05) is 5.54 Å². The number of rotatable bonds is 5. The predicted octanol–water partition coefficient (Wildman–Crippen LogP) is 3.88. The Labute approximate surface area is 122 Å². The minimum Gasteiger partial charge on any atom is -0.481 e. The van der Waals surface area contributed by atoms with Crippen LogP contribution in [-0.2, 0) is 4.79 Å². The highest BCUT2D eigenvalue weighted by atomic mass is 16.5. The maximum absolute atomic E-state index is 11.9. The van der Waals surface area contributed by atoms with E-state index in [0.29, 0.717) is 5.92 Å². The zero-order chi connectivity index (χ0) is 15.3. The molecule has 0 heterocycles. The summed E-state index contributed by atoms with van der Waals surface area (Å²) in [5.74, 6) is 1.18. The van der Waals surface area contributed by atoms with Gasteiger partial charge in [-0.2, -0.15) is 0 Å². The molecule has 1 amide bonds. The molecule has 0 spiro atoms. The lowest BCUT2D eigenvalue weighted by atomic mass is 9.99. The number of hydrogen-bond donors (Lipinski definition) is 1.